The van der Waals surface area contributed by atoms with Gasteiger partial charge in [0.1, 0.15) is 0 Å². The molecule has 3 heteroatoms. The first-order valence-electron chi connectivity index (χ1n) is 5.91. The van der Waals surface area contributed by atoms with Gasteiger partial charge in [-0.05, 0) is 37.5 Å². The summed E-state index contributed by atoms with van der Waals surface area (Å²) in [6.45, 7) is 6.31. The highest BCUT2D eigenvalue weighted by Gasteiger charge is 2.07. The number of aliphatic hydroxyl groups is 1. The van der Waals surface area contributed by atoms with Gasteiger partial charge < -0.3 is 10.4 Å². The van der Waals surface area contributed by atoms with Gasteiger partial charge in [0.15, 0.2) is 0 Å². The molecule has 2 atom stereocenters. The van der Waals surface area contributed by atoms with Crippen LogP contribution < -0.4 is 5.32 Å². The zero-order valence-electron chi connectivity index (χ0n) is 10.2. The third kappa shape index (κ3) is 5.35. The predicted octanol–water partition coefficient (Wildman–Crippen LogP) is 3.32. The second-order valence-corrected chi connectivity index (χ2v) is 4.64. The second-order valence-electron chi connectivity index (χ2n) is 4.20. The van der Waals surface area contributed by atoms with Crippen LogP contribution in [0.25, 0.3) is 0 Å². The molecule has 0 saturated heterocycles. The molecule has 1 rings (SSSR count). The third-order valence-corrected chi connectivity index (χ3v) is 2.99. The molecule has 0 saturated carbocycles. The van der Waals surface area contributed by atoms with Crippen LogP contribution in [0.15, 0.2) is 36.9 Å². The minimum atomic E-state index is -0.317. The fourth-order valence-electron chi connectivity index (χ4n) is 1.59. The van der Waals surface area contributed by atoms with Gasteiger partial charge >= 0.3 is 0 Å². The molecule has 0 fully saturated rings. The Hall–Kier alpha value is -0.830. The predicted molar refractivity (Wildman–Crippen MR) is 73.3 cm³/mol. The fraction of sp³-hybridized carbons (Fsp3) is 0.429. The lowest BCUT2D eigenvalue weighted by molar-refractivity contribution is 0.159. The number of aliphatic hydroxyl groups excluding tert-OH is 1. The summed E-state index contributed by atoms with van der Waals surface area (Å²) in [7, 11) is 0. The Kier molecular flexibility index (Phi) is 6.27. The molecule has 0 spiro atoms. The molecule has 0 bridgehead atoms. The lowest BCUT2D eigenvalue weighted by atomic mass is 10.1. The van der Waals surface area contributed by atoms with Crippen molar-refractivity contribution < 1.29 is 5.11 Å². The van der Waals surface area contributed by atoms with Crippen molar-refractivity contribution in [3.8, 4) is 0 Å². The molecule has 0 aromatic heterocycles. The van der Waals surface area contributed by atoms with Crippen molar-refractivity contribution in [2.75, 3.05) is 6.54 Å². The van der Waals surface area contributed by atoms with Gasteiger partial charge in [-0.2, -0.15) is 0 Å². The molecule has 1 aromatic carbocycles. The van der Waals surface area contributed by atoms with Crippen LogP contribution in [0.4, 0.5) is 0 Å². The third-order valence-electron chi connectivity index (χ3n) is 2.73. The van der Waals surface area contributed by atoms with Crippen molar-refractivity contribution in [1.82, 2.24) is 5.32 Å². The van der Waals surface area contributed by atoms with Crippen molar-refractivity contribution >= 4 is 11.6 Å². The number of halogens is 1. The number of benzene rings is 1. The molecule has 0 aliphatic rings. The highest BCUT2D eigenvalue weighted by Crippen LogP contribution is 2.16. The van der Waals surface area contributed by atoms with E-state index >= 15 is 0 Å². The summed E-state index contributed by atoms with van der Waals surface area (Å²) in [6, 6.07) is 7.96. The van der Waals surface area contributed by atoms with Crippen molar-refractivity contribution in [3.63, 3.8) is 0 Å². The molecule has 2 N–H and O–H groups in total. The Balaban J connectivity index is 2.36. The average molecular weight is 254 g/mol. The molecule has 2 unspecified atom stereocenters. The van der Waals surface area contributed by atoms with Crippen LogP contribution in [-0.2, 0) is 0 Å². The van der Waals surface area contributed by atoms with E-state index < -0.39 is 0 Å². The Bertz CT molecular complexity index is 337. The molecule has 0 heterocycles. The molecular formula is C14H20ClNO. The zero-order valence-corrected chi connectivity index (χ0v) is 11.0. The highest BCUT2D eigenvalue weighted by molar-refractivity contribution is 6.30. The van der Waals surface area contributed by atoms with E-state index in [9.17, 15) is 5.11 Å². The lowest BCUT2D eigenvalue weighted by Gasteiger charge is -2.17. The van der Waals surface area contributed by atoms with Crippen molar-refractivity contribution in [1.29, 1.82) is 0 Å². The Morgan fingerprint density at radius 3 is 2.65 bits per heavy atom. The molecule has 0 aliphatic heterocycles. The maximum Gasteiger partial charge on any atom is 0.0667 e. The number of hydrogen-bond donors (Lipinski definition) is 2. The van der Waals surface area contributed by atoms with Gasteiger partial charge in [-0.25, -0.2) is 0 Å². The lowest BCUT2D eigenvalue weighted by Crippen LogP contribution is -2.28. The standard InChI is InChI=1S/C14H20ClNO/c1-3-4-5-14(17)10-16-11(2)12-6-8-13(15)9-7-12/h3,6-9,11,14,16-17H,1,4-5,10H2,2H3. The maximum atomic E-state index is 9.69. The number of hydrogen-bond acceptors (Lipinski definition) is 2. The smallest absolute Gasteiger partial charge is 0.0667 e. The van der Waals surface area contributed by atoms with Gasteiger partial charge in [-0.15, -0.1) is 6.58 Å². The van der Waals surface area contributed by atoms with Gasteiger partial charge in [0, 0.05) is 17.6 Å². The first kappa shape index (κ1) is 14.2. The van der Waals surface area contributed by atoms with Gasteiger partial charge in [-0.3, -0.25) is 0 Å². The Morgan fingerprint density at radius 1 is 1.41 bits per heavy atom. The summed E-state index contributed by atoms with van der Waals surface area (Å²) in [4.78, 5) is 0. The minimum absolute atomic E-state index is 0.214. The minimum Gasteiger partial charge on any atom is -0.392 e. The van der Waals surface area contributed by atoms with E-state index in [0.29, 0.717) is 6.54 Å². The van der Waals surface area contributed by atoms with E-state index in [1.807, 2.05) is 30.3 Å². The van der Waals surface area contributed by atoms with Crippen molar-refractivity contribution in [2.24, 2.45) is 0 Å². The first-order valence-corrected chi connectivity index (χ1v) is 6.29. The monoisotopic (exact) mass is 253 g/mol. The number of nitrogens with one attached hydrogen (secondary N) is 1. The van der Waals surface area contributed by atoms with E-state index in [1.165, 1.54) is 5.56 Å². The van der Waals surface area contributed by atoms with E-state index in [-0.39, 0.29) is 12.1 Å². The molecule has 0 aliphatic carbocycles. The fourth-order valence-corrected chi connectivity index (χ4v) is 1.72. The topological polar surface area (TPSA) is 32.3 Å². The molecule has 2 nitrogen and oxygen atoms in total. The number of rotatable bonds is 7. The molecule has 0 amide bonds. The molecular weight excluding hydrogens is 234 g/mol. The summed E-state index contributed by atoms with van der Waals surface area (Å²) in [6.07, 6.45) is 3.11. The first-order chi connectivity index (χ1) is 8.13. The molecule has 1 aromatic rings. The molecule has 0 radical (unpaired) electrons. The largest absolute Gasteiger partial charge is 0.392 e. The van der Waals surface area contributed by atoms with Crippen LogP contribution in [0.2, 0.25) is 5.02 Å². The average Bonchev–Trinajstić information content (AvgIpc) is 2.34. The zero-order chi connectivity index (χ0) is 12.7. The summed E-state index contributed by atoms with van der Waals surface area (Å²) in [5, 5.41) is 13.7. The van der Waals surface area contributed by atoms with Crippen LogP contribution in [0.1, 0.15) is 31.4 Å². The van der Waals surface area contributed by atoms with Crippen LogP contribution >= 0.6 is 11.6 Å². The Labute approximate surface area is 108 Å². The van der Waals surface area contributed by atoms with E-state index in [2.05, 4.69) is 18.8 Å². The van der Waals surface area contributed by atoms with Crippen LogP contribution in [0.3, 0.4) is 0 Å². The van der Waals surface area contributed by atoms with Crippen LogP contribution in [-0.4, -0.2) is 17.8 Å². The maximum absolute atomic E-state index is 9.69. The Morgan fingerprint density at radius 2 is 2.06 bits per heavy atom. The molecule has 17 heavy (non-hydrogen) atoms. The van der Waals surface area contributed by atoms with E-state index in [4.69, 9.17) is 11.6 Å². The summed E-state index contributed by atoms with van der Waals surface area (Å²) in [5.41, 5.74) is 1.17. The van der Waals surface area contributed by atoms with Crippen molar-refractivity contribution in [2.45, 2.75) is 31.9 Å². The van der Waals surface area contributed by atoms with Gasteiger partial charge in [0.2, 0.25) is 0 Å². The van der Waals surface area contributed by atoms with Crippen molar-refractivity contribution in [3.05, 3.63) is 47.5 Å². The van der Waals surface area contributed by atoms with Crippen LogP contribution in [0, 0.1) is 0 Å². The van der Waals surface area contributed by atoms with Gasteiger partial charge in [-0.1, -0.05) is 29.8 Å². The van der Waals surface area contributed by atoms with Crippen LogP contribution in [0.5, 0.6) is 0 Å². The summed E-state index contributed by atoms with van der Waals surface area (Å²) in [5.74, 6) is 0. The summed E-state index contributed by atoms with van der Waals surface area (Å²) >= 11 is 5.83. The summed E-state index contributed by atoms with van der Waals surface area (Å²) < 4.78 is 0. The van der Waals surface area contributed by atoms with E-state index in [1.54, 1.807) is 0 Å². The second kappa shape index (κ2) is 7.49. The van der Waals surface area contributed by atoms with E-state index in [0.717, 1.165) is 17.9 Å². The van der Waals surface area contributed by atoms with Gasteiger partial charge in [0.25, 0.3) is 0 Å². The number of allylic oxidation sites excluding steroid dienone is 1. The molecule has 94 valence electrons. The van der Waals surface area contributed by atoms with Gasteiger partial charge in [0.05, 0.1) is 6.10 Å². The normalized spacial score (nSPS) is 14.3. The quantitative estimate of drug-likeness (QED) is 0.731. The SMILES string of the molecule is C=CCCC(O)CNC(C)c1ccc(Cl)cc1. The highest BCUT2D eigenvalue weighted by atomic mass is 35.5.